The zero-order chi connectivity index (χ0) is 26.6. The van der Waals surface area contributed by atoms with Gasteiger partial charge >= 0.3 is 5.97 Å². The summed E-state index contributed by atoms with van der Waals surface area (Å²) in [7, 11) is -0.889. The van der Waals surface area contributed by atoms with Crippen molar-refractivity contribution in [2.75, 3.05) is 40.5 Å². The Morgan fingerprint density at radius 2 is 2.08 bits per heavy atom. The Balaban J connectivity index is 1.69. The Hall–Kier alpha value is -2.42. The number of amidine groups is 1. The number of nitrogens with zero attached hydrogens (tertiary/aromatic N) is 3. The van der Waals surface area contributed by atoms with Crippen LogP contribution in [0, 0.1) is 11.7 Å². The van der Waals surface area contributed by atoms with E-state index in [2.05, 4.69) is 15.0 Å². The Morgan fingerprint density at radius 3 is 2.70 bits per heavy atom. The number of benzene rings is 1. The minimum atomic E-state index is -3.66. The number of aliphatic imine (C=N–C) groups is 1. The van der Waals surface area contributed by atoms with Gasteiger partial charge in [0.25, 0.3) is 10.2 Å². The largest absolute Gasteiger partial charge is 0.466 e. The van der Waals surface area contributed by atoms with Gasteiger partial charge in [-0.25, -0.2) is 14.2 Å². The van der Waals surface area contributed by atoms with Gasteiger partial charge in [0.05, 0.1) is 19.3 Å². The fourth-order valence-corrected chi connectivity index (χ4v) is 6.44. The number of halogens is 2. The molecule has 0 bridgehead atoms. The summed E-state index contributed by atoms with van der Waals surface area (Å²) in [4.78, 5) is 22.2. The van der Waals surface area contributed by atoms with Crippen LogP contribution in [0.15, 0.2) is 46.0 Å². The van der Waals surface area contributed by atoms with Crippen LogP contribution in [0.2, 0.25) is 5.02 Å². The molecule has 2 aromatic rings. The first-order valence-electron chi connectivity index (χ1n) is 11.5. The van der Waals surface area contributed by atoms with Gasteiger partial charge in [-0.15, -0.1) is 11.3 Å². The normalized spacial score (nSPS) is 19.5. The molecule has 2 N–H and O–H groups in total. The number of hydrogen-bond donors (Lipinski definition) is 2. The number of rotatable bonds is 9. The van der Waals surface area contributed by atoms with Gasteiger partial charge < -0.3 is 14.8 Å². The second-order valence-electron chi connectivity index (χ2n) is 8.39. The third kappa shape index (κ3) is 6.19. The van der Waals surface area contributed by atoms with Crippen molar-refractivity contribution in [2.24, 2.45) is 10.9 Å². The number of allylic oxidation sites excluding steroid dienone is 1. The van der Waals surface area contributed by atoms with Crippen molar-refractivity contribution in [1.82, 2.24) is 19.3 Å². The van der Waals surface area contributed by atoms with Crippen LogP contribution in [0.1, 0.15) is 29.5 Å². The molecule has 1 saturated heterocycles. The molecular formula is C23H27ClFN5O5S2. The number of carbonyl (C=O) groups is 1. The van der Waals surface area contributed by atoms with E-state index >= 15 is 0 Å². The van der Waals surface area contributed by atoms with Crippen molar-refractivity contribution in [3.05, 3.63) is 62.5 Å². The standard InChI is InChI=1S/C23H27ClFN5O5S2/c1-34-11-7-27-37(32,33)30-9-5-14(6-10-30)19-18(23(31)35-2)20(16-4-3-15(25)13-17(16)24)29-21(28-19)22-26-8-12-36-22/h3-4,8,12-14,20,27H,5-7,9-11H2,1-2H3,(H,28,29). The van der Waals surface area contributed by atoms with Crippen molar-refractivity contribution in [2.45, 2.75) is 18.9 Å². The number of ether oxygens (including phenoxy) is 2. The number of esters is 1. The third-order valence-electron chi connectivity index (χ3n) is 6.16. The van der Waals surface area contributed by atoms with Crippen LogP contribution >= 0.6 is 22.9 Å². The Kier molecular flexibility index (Phi) is 8.93. The monoisotopic (exact) mass is 571 g/mol. The van der Waals surface area contributed by atoms with Crippen LogP contribution < -0.4 is 10.0 Å². The number of carbonyl (C=O) groups excluding carboxylic acids is 1. The molecular weight excluding hydrogens is 545 g/mol. The number of methoxy groups -OCH3 is 2. The van der Waals surface area contributed by atoms with E-state index in [1.807, 2.05) is 0 Å². The predicted octanol–water partition coefficient (Wildman–Crippen LogP) is 2.65. The van der Waals surface area contributed by atoms with Gasteiger partial charge in [0.1, 0.15) is 11.9 Å². The van der Waals surface area contributed by atoms with Crippen LogP contribution in [0.5, 0.6) is 0 Å². The molecule has 10 nitrogen and oxygen atoms in total. The maximum absolute atomic E-state index is 13.8. The van der Waals surface area contributed by atoms with Gasteiger partial charge in [-0.2, -0.15) is 17.4 Å². The summed E-state index contributed by atoms with van der Waals surface area (Å²) in [5, 5.41) is 5.81. The minimum Gasteiger partial charge on any atom is -0.466 e. The SMILES string of the molecule is COCCNS(=O)(=O)N1CCC(C2=C(C(=O)OC)C(c3ccc(F)cc3Cl)N=C(c3nccs3)N2)CC1. The molecule has 0 radical (unpaired) electrons. The van der Waals surface area contributed by atoms with Crippen LogP contribution in [-0.2, 0) is 24.5 Å². The molecule has 3 heterocycles. The van der Waals surface area contributed by atoms with E-state index < -0.39 is 28.0 Å². The number of aromatic nitrogens is 1. The molecule has 2 aliphatic rings. The average Bonchev–Trinajstić information content (AvgIpc) is 3.43. The highest BCUT2D eigenvalue weighted by atomic mass is 35.5. The number of nitrogens with one attached hydrogen (secondary N) is 2. The first-order valence-corrected chi connectivity index (χ1v) is 14.2. The molecule has 2 aliphatic heterocycles. The quantitative estimate of drug-likeness (QED) is 0.350. The van der Waals surface area contributed by atoms with E-state index in [-0.39, 0.29) is 42.8 Å². The second-order valence-corrected chi connectivity index (χ2v) is 11.4. The summed E-state index contributed by atoms with van der Waals surface area (Å²) in [6.07, 6.45) is 2.54. The summed E-state index contributed by atoms with van der Waals surface area (Å²) in [6, 6.07) is 3.06. The molecule has 1 atom stereocenters. The highest BCUT2D eigenvalue weighted by molar-refractivity contribution is 7.87. The summed E-state index contributed by atoms with van der Waals surface area (Å²) in [5.74, 6) is -0.875. The topological polar surface area (TPSA) is 122 Å². The molecule has 37 heavy (non-hydrogen) atoms. The lowest BCUT2D eigenvalue weighted by Gasteiger charge is -2.36. The molecule has 200 valence electrons. The van der Waals surface area contributed by atoms with Crippen molar-refractivity contribution >= 4 is 45.0 Å². The molecule has 0 amide bonds. The van der Waals surface area contributed by atoms with Gasteiger partial charge in [0, 0.05) is 60.5 Å². The first kappa shape index (κ1) is 27.6. The number of piperidine rings is 1. The van der Waals surface area contributed by atoms with E-state index in [0.717, 1.165) is 0 Å². The van der Waals surface area contributed by atoms with Crippen molar-refractivity contribution in [3.8, 4) is 0 Å². The molecule has 1 unspecified atom stereocenters. The fraction of sp³-hybridized carbons (Fsp3) is 0.435. The van der Waals surface area contributed by atoms with Crippen molar-refractivity contribution in [1.29, 1.82) is 0 Å². The molecule has 0 aliphatic carbocycles. The van der Waals surface area contributed by atoms with E-state index in [0.29, 0.717) is 34.9 Å². The van der Waals surface area contributed by atoms with Crippen molar-refractivity contribution in [3.63, 3.8) is 0 Å². The zero-order valence-electron chi connectivity index (χ0n) is 20.2. The summed E-state index contributed by atoms with van der Waals surface area (Å²) in [5.41, 5.74) is 1.26. The molecule has 14 heteroatoms. The predicted molar refractivity (Wildman–Crippen MR) is 138 cm³/mol. The lowest BCUT2D eigenvalue weighted by Crippen LogP contribution is -2.47. The van der Waals surface area contributed by atoms with Crippen LogP contribution in [0.4, 0.5) is 4.39 Å². The van der Waals surface area contributed by atoms with Gasteiger partial charge in [-0.1, -0.05) is 17.7 Å². The lowest BCUT2D eigenvalue weighted by molar-refractivity contribution is -0.136. The van der Waals surface area contributed by atoms with E-state index in [4.69, 9.17) is 26.1 Å². The molecule has 4 rings (SSSR count). The van der Waals surface area contributed by atoms with Gasteiger partial charge in [0.2, 0.25) is 0 Å². The third-order valence-corrected chi connectivity index (χ3v) is 8.89. The Morgan fingerprint density at radius 1 is 1.32 bits per heavy atom. The highest BCUT2D eigenvalue weighted by Gasteiger charge is 2.38. The molecule has 1 aromatic heterocycles. The van der Waals surface area contributed by atoms with Gasteiger partial charge in [0.15, 0.2) is 10.8 Å². The molecule has 0 saturated carbocycles. The Bertz CT molecular complexity index is 1290. The van der Waals surface area contributed by atoms with Crippen molar-refractivity contribution < 1.29 is 27.1 Å². The van der Waals surface area contributed by atoms with E-state index in [9.17, 15) is 17.6 Å². The van der Waals surface area contributed by atoms with Gasteiger partial charge in [-0.05, 0) is 25.0 Å². The second kappa shape index (κ2) is 12.0. The van der Waals surface area contributed by atoms with E-state index in [1.54, 1.807) is 11.6 Å². The van der Waals surface area contributed by atoms with Crippen LogP contribution in [0.3, 0.4) is 0 Å². The lowest BCUT2D eigenvalue weighted by atomic mass is 9.86. The smallest absolute Gasteiger partial charge is 0.338 e. The summed E-state index contributed by atoms with van der Waals surface area (Å²) < 4.78 is 53.1. The minimum absolute atomic E-state index is 0.123. The summed E-state index contributed by atoms with van der Waals surface area (Å²) >= 11 is 7.77. The highest BCUT2D eigenvalue weighted by Crippen LogP contribution is 2.40. The van der Waals surface area contributed by atoms with Crippen LogP contribution in [0.25, 0.3) is 0 Å². The van der Waals surface area contributed by atoms with Crippen LogP contribution in [-0.4, -0.2) is 70.0 Å². The summed E-state index contributed by atoms with van der Waals surface area (Å²) in [6.45, 7) is 0.934. The zero-order valence-corrected chi connectivity index (χ0v) is 22.6. The Labute approximate surface area is 223 Å². The first-order chi connectivity index (χ1) is 17.7. The number of thiazole rings is 1. The van der Waals surface area contributed by atoms with Gasteiger partial charge in [-0.3, -0.25) is 4.99 Å². The maximum Gasteiger partial charge on any atom is 0.338 e. The number of hydrogen-bond acceptors (Lipinski definition) is 9. The molecule has 1 aromatic carbocycles. The molecule has 0 spiro atoms. The average molecular weight is 572 g/mol. The molecule has 1 fully saturated rings. The maximum atomic E-state index is 13.8. The fourth-order valence-electron chi connectivity index (χ4n) is 4.37. The van der Waals surface area contributed by atoms with E-state index in [1.165, 1.54) is 48.1 Å².